The summed E-state index contributed by atoms with van der Waals surface area (Å²) >= 11 is 0. The van der Waals surface area contributed by atoms with Crippen molar-refractivity contribution >= 4 is 0 Å². The zero-order valence-corrected chi connectivity index (χ0v) is 20.4. The van der Waals surface area contributed by atoms with Gasteiger partial charge < -0.3 is 14.4 Å². The maximum Gasteiger partial charge on any atom is 0.160 e. The predicted molar refractivity (Wildman–Crippen MR) is 126 cm³/mol. The van der Waals surface area contributed by atoms with Gasteiger partial charge in [0.2, 0.25) is 0 Å². The van der Waals surface area contributed by atoms with Gasteiger partial charge in [0.25, 0.3) is 0 Å². The standard InChI is InChI=1S/C25H40N4O2/c1-18(2)29-20(4)23(19(3)26-29)17-28-13-8-9-22(16-28)27(5)14-12-21-10-11-24(30-6)25(15-21)31-7/h10-11,15,18,22H,8-9,12-14,16-17H2,1-7H3/t22-/m0/s1. The minimum Gasteiger partial charge on any atom is -0.493 e. The molecule has 2 aromatic rings. The van der Waals surface area contributed by atoms with Crippen molar-refractivity contribution in [1.82, 2.24) is 19.6 Å². The van der Waals surface area contributed by atoms with Crippen LogP contribution in [0.3, 0.4) is 0 Å². The second-order valence-corrected chi connectivity index (χ2v) is 9.14. The highest BCUT2D eigenvalue weighted by molar-refractivity contribution is 5.42. The summed E-state index contributed by atoms with van der Waals surface area (Å²) in [5, 5.41) is 4.78. The van der Waals surface area contributed by atoms with Crippen LogP contribution < -0.4 is 9.47 Å². The molecule has 6 nitrogen and oxygen atoms in total. The number of ether oxygens (including phenoxy) is 2. The minimum absolute atomic E-state index is 0.407. The lowest BCUT2D eigenvalue weighted by Crippen LogP contribution is -2.46. The number of nitrogens with zero attached hydrogens (tertiary/aromatic N) is 4. The number of rotatable bonds is 9. The molecule has 1 atom stereocenters. The third-order valence-electron chi connectivity index (χ3n) is 6.65. The van der Waals surface area contributed by atoms with Gasteiger partial charge in [-0.15, -0.1) is 0 Å². The second kappa shape index (κ2) is 10.5. The first-order valence-electron chi connectivity index (χ1n) is 11.5. The van der Waals surface area contributed by atoms with Gasteiger partial charge in [-0.3, -0.25) is 9.58 Å². The molecule has 0 N–H and O–H groups in total. The van der Waals surface area contributed by atoms with Crippen molar-refractivity contribution in [3.8, 4) is 11.5 Å². The number of aromatic nitrogens is 2. The van der Waals surface area contributed by atoms with Gasteiger partial charge in [-0.2, -0.15) is 5.10 Å². The lowest BCUT2D eigenvalue weighted by molar-refractivity contribution is 0.112. The molecule has 2 heterocycles. The molecule has 1 saturated heterocycles. The Kier molecular flexibility index (Phi) is 8.00. The van der Waals surface area contributed by atoms with E-state index in [4.69, 9.17) is 14.6 Å². The Labute approximate surface area is 188 Å². The van der Waals surface area contributed by atoms with Gasteiger partial charge in [0.05, 0.1) is 19.9 Å². The molecule has 1 aliphatic rings. The van der Waals surface area contributed by atoms with Crippen LogP contribution in [0.4, 0.5) is 0 Å². The first kappa shape index (κ1) is 23.6. The van der Waals surface area contributed by atoms with Gasteiger partial charge in [-0.05, 0) is 78.2 Å². The highest BCUT2D eigenvalue weighted by atomic mass is 16.5. The number of methoxy groups -OCH3 is 2. The van der Waals surface area contributed by atoms with Crippen LogP contribution in [0.15, 0.2) is 18.2 Å². The quantitative estimate of drug-likeness (QED) is 0.598. The van der Waals surface area contributed by atoms with E-state index in [1.165, 1.54) is 41.9 Å². The molecule has 0 spiro atoms. The molecule has 0 unspecified atom stereocenters. The van der Waals surface area contributed by atoms with Crippen molar-refractivity contribution < 1.29 is 9.47 Å². The van der Waals surface area contributed by atoms with E-state index in [0.717, 1.165) is 37.6 Å². The topological polar surface area (TPSA) is 42.8 Å². The number of benzene rings is 1. The number of piperidine rings is 1. The van der Waals surface area contributed by atoms with E-state index in [-0.39, 0.29) is 0 Å². The van der Waals surface area contributed by atoms with Crippen molar-refractivity contribution in [3.63, 3.8) is 0 Å². The zero-order valence-electron chi connectivity index (χ0n) is 20.4. The van der Waals surface area contributed by atoms with Crippen LogP contribution >= 0.6 is 0 Å². The van der Waals surface area contributed by atoms with E-state index in [1.807, 2.05) is 6.07 Å². The molecule has 1 aromatic carbocycles. The average Bonchev–Trinajstić information content (AvgIpc) is 3.06. The Bertz CT molecular complexity index is 861. The highest BCUT2D eigenvalue weighted by Gasteiger charge is 2.25. The zero-order chi connectivity index (χ0) is 22.5. The third-order valence-corrected chi connectivity index (χ3v) is 6.65. The van der Waals surface area contributed by atoms with Crippen LogP contribution in [0, 0.1) is 13.8 Å². The predicted octanol–water partition coefficient (Wildman–Crippen LogP) is 4.24. The average molecular weight is 429 g/mol. The van der Waals surface area contributed by atoms with E-state index in [2.05, 4.69) is 61.4 Å². The molecule has 0 saturated carbocycles. The molecule has 172 valence electrons. The Morgan fingerprint density at radius 2 is 1.90 bits per heavy atom. The van der Waals surface area contributed by atoms with Crippen molar-refractivity contribution in [3.05, 3.63) is 40.7 Å². The van der Waals surface area contributed by atoms with Gasteiger partial charge in [-0.25, -0.2) is 0 Å². The van der Waals surface area contributed by atoms with Crippen molar-refractivity contribution in [2.45, 2.75) is 65.6 Å². The number of likely N-dealkylation sites (N-methyl/N-ethyl adjacent to an activating group) is 1. The van der Waals surface area contributed by atoms with Crippen LogP contribution in [-0.2, 0) is 13.0 Å². The minimum atomic E-state index is 0.407. The van der Waals surface area contributed by atoms with E-state index >= 15 is 0 Å². The summed E-state index contributed by atoms with van der Waals surface area (Å²) in [5.41, 5.74) is 5.18. The van der Waals surface area contributed by atoms with Crippen LogP contribution in [0.5, 0.6) is 11.5 Å². The first-order valence-corrected chi connectivity index (χ1v) is 11.5. The lowest BCUT2D eigenvalue weighted by Gasteiger charge is -2.38. The molecule has 0 aliphatic carbocycles. The van der Waals surface area contributed by atoms with Crippen molar-refractivity contribution in [2.24, 2.45) is 0 Å². The van der Waals surface area contributed by atoms with E-state index < -0.39 is 0 Å². The van der Waals surface area contributed by atoms with Gasteiger partial charge in [-0.1, -0.05) is 6.07 Å². The Morgan fingerprint density at radius 1 is 1.16 bits per heavy atom. The molecule has 0 bridgehead atoms. The van der Waals surface area contributed by atoms with Gasteiger partial charge in [0.1, 0.15) is 0 Å². The molecule has 31 heavy (non-hydrogen) atoms. The fraction of sp³-hybridized carbons (Fsp3) is 0.640. The molecule has 1 aromatic heterocycles. The monoisotopic (exact) mass is 428 g/mol. The Hall–Kier alpha value is -2.05. The highest BCUT2D eigenvalue weighted by Crippen LogP contribution is 2.28. The Balaban J connectivity index is 1.58. The Morgan fingerprint density at radius 3 is 2.55 bits per heavy atom. The van der Waals surface area contributed by atoms with E-state index in [1.54, 1.807) is 14.2 Å². The molecule has 3 rings (SSSR count). The number of hydrogen-bond acceptors (Lipinski definition) is 5. The summed E-state index contributed by atoms with van der Waals surface area (Å²) in [7, 11) is 5.64. The van der Waals surface area contributed by atoms with Gasteiger partial charge >= 0.3 is 0 Å². The number of likely N-dealkylation sites (tertiary alicyclic amines) is 1. The fourth-order valence-corrected chi connectivity index (χ4v) is 4.71. The first-order chi connectivity index (χ1) is 14.8. The fourth-order valence-electron chi connectivity index (χ4n) is 4.71. The smallest absolute Gasteiger partial charge is 0.160 e. The third kappa shape index (κ3) is 5.60. The summed E-state index contributed by atoms with van der Waals surface area (Å²) in [6, 6.07) is 7.23. The van der Waals surface area contributed by atoms with Crippen LogP contribution in [0.1, 0.15) is 55.2 Å². The molecule has 1 aliphatic heterocycles. The largest absolute Gasteiger partial charge is 0.493 e. The SMILES string of the molecule is COc1ccc(CCN(C)[C@H]2CCCN(Cc3c(C)nn(C(C)C)c3C)C2)cc1OC. The van der Waals surface area contributed by atoms with E-state index in [0.29, 0.717) is 12.1 Å². The molecule has 1 fully saturated rings. The van der Waals surface area contributed by atoms with E-state index in [9.17, 15) is 0 Å². The molecule has 0 amide bonds. The van der Waals surface area contributed by atoms with Gasteiger partial charge in [0.15, 0.2) is 11.5 Å². The van der Waals surface area contributed by atoms with Crippen LogP contribution in [0.2, 0.25) is 0 Å². The molecular formula is C25H40N4O2. The van der Waals surface area contributed by atoms with Crippen LogP contribution in [0.25, 0.3) is 0 Å². The maximum absolute atomic E-state index is 5.45. The summed E-state index contributed by atoms with van der Waals surface area (Å²) in [5.74, 6) is 1.59. The number of aryl methyl sites for hydroxylation is 1. The lowest BCUT2D eigenvalue weighted by atomic mass is 10.0. The summed E-state index contributed by atoms with van der Waals surface area (Å²) in [4.78, 5) is 5.14. The summed E-state index contributed by atoms with van der Waals surface area (Å²) < 4.78 is 13.0. The second-order valence-electron chi connectivity index (χ2n) is 9.14. The normalized spacial score (nSPS) is 17.5. The molecule has 6 heteroatoms. The van der Waals surface area contributed by atoms with Crippen molar-refractivity contribution in [1.29, 1.82) is 0 Å². The summed E-state index contributed by atoms with van der Waals surface area (Å²) in [6.07, 6.45) is 3.52. The molecular weight excluding hydrogens is 388 g/mol. The van der Waals surface area contributed by atoms with Crippen molar-refractivity contribution in [2.75, 3.05) is 40.9 Å². The molecule has 0 radical (unpaired) electrons. The maximum atomic E-state index is 5.45. The van der Waals surface area contributed by atoms with Gasteiger partial charge in [0, 0.05) is 43.0 Å². The summed E-state index contributed by atoms with van der Waals surface area (Å²) in [6.45, 7) is 13.1. The van der Waals surface area contributed by atoms with Crippen LogP contribution in [-0.4, -0.2) is 66.5 Å². The number of hydrogen-bond donors (Lipinski definition) is 0.